The molecule has 0 amide bonds. The van der Waals surface area contributed by atoms with Gasteiger partial charge in [-0.05, 0) is 0 Å². The molecule has 0 rings (SSSR count). The summed E-state index contributed by atoms with van der Waals surface area (Å²) in [5.74, 6) is 0. The van der Waals surface area contributed by atoms with Crippen molar-refractivity contribution in [1.82, 2.24) is 0 Å². The average molecular weight is 397 g/mol. The molecule has 0 spiro atoms. The molecule has 4 heteroatoms. The molecule has 0 heterocycles. The predicted molar refractivity (Wildman–Crippen MR) is 34.2 cm³/mol. The molecule has 0 atom stereocenters. The molecule has 0 aromatic heterocycles. The summed E-state index contributed by atoms with van der Waals surface area (Å²) in [5.41, 5.74) is 0. The van der Waals surface area contributed by atoms with Crippen LogP contribution in [-0.4, -0.2) is 85.2 Å². The van der Waals surface area contributed by atoms with Crippen LogP contribution in [0, 0.1) is 0 Å². The molecule has 0 nitrogen and oxygen atoms in total. The number of hydrogen-bond acceptors (Lipinski definition) is 0. The second-order valence-electron chi connectivity index (χ2n) is 0. The van der Waals surface area contributed by atoms with Gasteiger partial charge in [-0.2, -0.15) is 0 Å². The van der Waals surface area contributed by atoms with Crippen LogP contribution in [0.3, 0.4) is 0 Å². The Kier molecular flexibility index (Phi) is 126. The van der Waals surface area contributed by atoms with Gasteiger partial charge in [-0.15, -0.1) is 0 Å². The molecule has 0 aliphatic carbocycles. The van der Waals surface area contributed by atoms with Crippen molar-refractivity contribution in [3.05, 3.63) is 0 Å². The summed E-state index contributed by atoms with van der Waals surface area (Å²) in [6.07, 6.45) is 0. The van der Waals surface area contributed by atoms with E-state index >= 15 is 0 Å². The Bertz CT molecular complexity index is 8.00. The molecule has 0 N–H and O–H groups in total. The van der Waals surface area contributed by atoms with E-state index in [4.69, 9.17) is 0 Å². The van der Waals surface area contributed by atoms with E-state index in [1.165, 1.54) is 0 Å². The maximum atomic E-state index is 0. The van der Waals surface area contributed by atoms with E-state index in [0.29, 0.717) is 0 Å². The fourth-order valence-corrected chi connectivity index (χ4v) is 0. The molecule has 0 saturated heterocycles. The van der Waals surface area contributed by atoms with Gasteiger partial charge in [-0.3, -0.25) is 0 Å². The summed E-state index contributed by atoms with van der Waals surface area (Å²) >= 11 is 0. The van der Waals surface area contributed by atoms with Gasteiger partial charge in [0, 0.05) is 0 Å². The van der Waals surface area contributed by atoms with Crippen LogP contribution < -0.4 is 0 Å². The van der Waals surface area contributed by atoms with Crippen molar-refractivity contribution in [2.24, 2.45) is 0 Å². The van der Waals surface area contributed by atoms with Crippen molar-refractivity contribution < 1.29 is 0 Å². The van der Waals surface area contributed by atoms with E-state index in [-0.39, 0.29) is 85.2 Å². The Balaban J connectivity index is 0. The zero-order valence-corrected chi connectivity index (χ0v) is 10.9. The molecular weight excluding hydrogens is 389 g/mol. The quantitative estimate of drug-likeness (QED) is 0.370. The Morgan fingerprint density at radius 3 is 1.00 bits per heavy atom. The van der Waals surface area contributed by atoms with E-state index in [9.17, 15) is 0 Å². The first-order chi connectivity index (χ1) is 0. The molecule has 26 valence electrons. The van der Waals surface area contributed by atoms with Gasteiger partial charge in [0.05, 0.1) is 0 Å². The molecule has 0 aliphatic heterocycles. The number of hydrogen-bond donors (Lipinski definition) is 0. The van der Waals surface area contributed by atoms with Gasteiger partial charge in [0.2, 0.25) is 0 Å². The van der Waals surface area contributed by atoms with Crippen LogP contribution in [0.15, 0.2) is 0 Å². The third-order valence-electron chi connectivity index (χ3n) is 0. The Hall–Kier alpha value is 2.77. The van der Waals surface area contributed by atoms with E-state index in [1.54, 1.807) is 0 Å². The Morgan fingerprint density at radius 1 is 1.00 bits per heavy atom. The second-order valence-corrected chi connectivity index (χ2v) is 0. The van der Waals surface area contributed by atoms with Gasteiger partial charge in [0.1, 0.15) is 0 Å². The summed E-state index contributed by atoms with van der Waals surface area (Å²) < 4.78 is 0. The first-order valence-corrected chi connectivity index (χ1v) is 0. The Labute approximate surface area is 83.8 Å². The van der Waals surface area contributed by atoms with Crippen molar-refractivity contribution in [3.63, 3.8) is 0 Å². The molecule has 0 bridgehead atoms. The van der Waals surface area contributed by atoms with Gasteiger partial charge < -0.3 is 0 Å². The van der Waals surface area contributed by atoms with Crippen molar-refractivity contribution in [2.45, 2.75) is 0 Å². The first kappa shape index (κ1) is 29.4. The standard InChI is InChI=1S/Ga.Sb.HSe.Sn.7H/h;;1H;;;;;;;;. The molecule has 0 unspecified atom stereocenters. The summed E-state index contributed by atoms with van der Waals surface area (Å²) in [4.78, 5) is 0. The number of rotatable bonds is 0. The van der Waals surface area contributed by atoms with E-state index in [1.807, 2.05) is 0 Å². The average Bonchev–Trinajstić information content (AvgIpc) is 0. The van der Waals surface area contributed by atoms with E-state index < -0.39 is 0 Å². The van der Waals surface area contributed by atoms with Crippen molar-refractivity contribution in [3.8, 4) is 0 Å². The molecule has 4 radical (unpaired) electrons. The fraction of sp³-hybridized carbons (Fsp3) is 0. The van der Waals surface area contributed by atoms with Crippen LogP contribution in [0.1, 0.15) is 0 Å². The van der Waals surface area contributed by atoms with Gasteiger partial charge in [0.25, 0.3) is 0 Å². The predicted octanol–water partition coefficient (Wildman–Crippen LogP) is -3.66. The minimum atomic E-state index is 0. The van der Waals surface area contributed by atoms with Gasteiger partial charge in [-0.25, -0.2) is 0 Å². The van der Waals surface area contributed by atoms with Crippen LogP contribution in [0.2, 0.25) is 0 Å². The molecule has 0 fully saturated rings. The van der Waals surface area contributed by atoms with Gasteiger partial charge >= 0.3 is 85.2 Å². The van der Waals surface area contributed by atoms with Crippen LogP contribution in [0.25, 0.3) is 0 Å². The third kappa shape index (κ3) is 8.84. The summed E-state index contributed by atoms with van der Waals surface area (Å²) in [6.45, 7) is 0. The van der Waals surface area contributed by atoms with Crippen LogP contribution >= 0.6 is 0 Å². The molecule has 0 aliphatic rings. The van der Waals surface area contributed by atoms with E-state index in [2.05, 4.69) is 0 Å². The molecule has 0 saturated carbocycles. The Morgan fingerprint density at radius 2 is 1.00 bits per heavy atom. The summed E-state index contributed by atoms with van der Waals surface area (Å²) in [5, 5.41) is 0. The normalized spacial score (nSPS) is 0. The van der Waals surface area contributed by atoms with Crippen molar-refractivity contribution in [1.29, 1.82) is 0 Å². The minimum absolute atomic E-state index is 0. The van der Waals surface area contributed by atoms with Gasteiger partial charge in [-0.1, -0.05) is 0 Å². The van der Waals surface area contributed by atoms with Crippen molar-refractivity contribution >= 4 is 85.2 Å². The van der Waals surface area contributed by atoms with E-state index in [0.717, 1.165) is 0 Å². The monoisotopic (exact) mass is 398 g/mol. The first-order valence-electron chi connectivity index (χ1n) is 0. The second kappa shape index (κ2) is 17.1. The van der Waals surface area contributed by atoms with Crippen LogP contribution in [0.5, 0.6) is 0 Å². The van der Waals surface area contributed by atoms with Crippen LogP contribution in [-0.2, 0) is 0 Å². The van der Waals surface area contributed by atoms with Crippen molar-refractivity contribution in [2.75, 3.05) is 0 Å². The summed E-state index contributed by atoms with van der Waals surface area (Å²) in [7, 11) is 0. The topological polar surface area (TPSA) is 0 Å². The SMILES string of the molecule is [GaH3].[SbH2].[SeH].[SnH2]. The molecular formula is H8GaSbSeSn. The maximum absolute atomic E-state index is 0. The zero-order chi connectivity index (χ0) is 0. The fourth-order valence-electron chi connectivity index (χ4n) is 0. The molecule has 0 aromatic rings. The third-order valence-corrected chi connectivity index (χ3v) is 0. The van der Waals surface area contributed by atoms with Gasteiger partial charge in [0.15, 0.2) is 0 Å². The summed E-state index contributed by atoms with van der Waals surface area (Å²) in [6, 6.07) is 0. The molecule has 4 heavy (non-hydrogen) atoms. The van der Waals surface area contributed by atoms with Crippen LogP contribution in [0.4, 0.5) is 0 Å². The molecule has 0 aromatic carbocycles. The zero-order valence-electron chi connectivity index (χ0n) is 1.73.